The molecule has 0 radical (unpaired) electrons. The van der Waals surface area contributed by atoms with E-state index in [2.05, 4.69) is 66.0 Å². The molecule has 8 heteroatoms. The first-order chi connectivity index (χ1) is 18.6. The molecule has 0 bridgehead atoms. The first kappa shape index (κ1) is 33.1. The van der Waals surface area contributed by atoms with Gasteiger partial charge in [0.05, 0.1) is 7.11 Å². The van der Waals surface area contributed by atoms with Crippen molar-refractivity contribution in [2.45, 2.75) is 96.4 Å². The van der Waals surface area contributed by atoms with Gasteiger partial charge in [0.2, 0.25) is 5.91 Å². The van der Waals surface area contributed by atoms with E-state index in [0.29, 0.717) is 5.92 Å². The fraction of sp³-hybridized carbons (Fsp3) is 0.531. The summed E-state index contributed by atoms with van der Waals surface area (Å²) in [5.41, 5.74) is 1.75. The zero-order chi connectivity index (χ0) is 30.1. The first-order valence-electron chi connectivity index (χ1n) is 14.0. The fourth-order valence-corrected chi connectivity index (χ4v) is 11.2. The minimum atomic E-state index is -2.74. The lowest BCUT2D eigenvalue weighted by Gasteiger charge is -2.50. The van der Waals surface area contributed by atoms with Crippen LogP contribution in [0.25, 0.3) is 0 Å². The molecule has 40 heavy (non-hydrogen) atoms. The van der Waals surface area contributed by atoms with Crippen molar-refractivity contribution < 1.29 is 23.5 Å². The number of benzene rings is 2. The minimum Gasteiger partial charge on any atom is -0.502 e. The maximum absolute atomic E-state index is 13.7. The Morgan fingerprint density at radius 2 is 1.20 bits per heavy atom. The van der Waals surface area contributed by atoms with E-state index in [4.69, 9.17) is 9.16 Å². The Morgan fingerprint density at radius 1 is 0.750 bits per heavy atom. The van der Waals surface area contributed by atoms with Crippen LogP contribution >= 0.6 is 0 Å². The van der Waals surface area contributed by atoms with Crippen LogP contribution in [-0.4, -0.2) is 45.5 Å². The number of amides is 2. The molecule has 0 aromatic heterocycles. The highest BCUT2D eigenvalue weighted by molar-refractivity contribution is 6.80. The second-order valence-electron chi connectivity index (χ2n) is 13.0. The molecule has 220 valence electrons. The van der Waals surface area contributed by atoms with Gasteiger partial charge in [0.25, 0.3) is 8.32 Å². The van der Waals surface area contributed by atoms with E-state index in [1.54, 1.807) is 0 Å². The lowest BCUT2D eigenvalue weighted by molar-refractivity contribution is -0.145. The SMILES string of the molecule is COC(=O)[C@H](Cc1ccccc1)NC(=O)[C@H](Cc1ccccc1)NC(=O)O[Si](CC(C)C)(C(C)(C)C)C(C)(C)C. The highest BCUT2D eigenvalue weighted by Gasteiger charge is 2.58. The topological polar surface area (TPSA) is 93.7 Å². The molecule has 0 saturated carbocycles. The fourth-order valence-electron chi connectivity index (χ4n) is 5.51. The number of hydrogen-bond donors (Lipinski definition) is 2. The number of ether oxygens (including phenoxy) is 1. The molecular weight excluding hydrogens is 520 g/mol. The van der Waals surface area contributed by atoms with Gasteiger partial charge in [0.15, 0.2) is 0 Å². The molecule has 2 aromatic carbocycles. The number of carbonyl (C=O) groups is 3. The third kappa shape index (κ3) is 8.94. The van der Waals surface area contributed by atoms with Crippen LogP contribution in [0.1, 0.15) is 66.5 Å². The monoisotopic (exact) mass is 568 g/mol. The van der Waals surface area contributed by atoms with Gasteiger partial charge in [-0.25, -0.2) is 9.59 Å². The Labute approximate surface area is 241 Å². The summed E-state index contributed by atoms with van der Waals surface area (Å²) in [5, 5.41) is 5.22. The number of hydrogen-bond acceptors (Lipinski definition) is 5. The third-order valence-electron chi connectivity index (χ3n) is 7.36. The maximum atomic E-state index is 13.7. The summed E-state index contributed by atoms with van der Waals surface area (Å²) in [6.45, 7) is 17.1. The normalized spacial score (nSPS) is 13.8. The van der Waals surface area contributed by atoms with Crippen molar-refractivity contribution in [2.75, 3.05) is 7.11 Å². The Kier molecular flexibility index (Phi) is 11.6. The number of nitrogens with one attached hydrogen (secondary N) is 2. The summed E-state index contributed by atoms with van der Waals surface area (Å²) in [6.07, 6.45) is -0.101. The average molecular weight is 569 g/mol. The number of rotatable bonds is 11. The summed E-state index contributed by atoms with van der Waals surface area (Å²) in [4.78, 5) is 39.9. The zero-order valence-electron chi connectivity index (χ0n) is 25.7. The van der Waals surface area contributed by atoms with E-state index >= 15 is 0 Å². The van der Waals surface area contributed by atoms with Crippen molar-refractivity contribution in [3.8, 4) is 0 Å². The van der Waals surface area contributed by atoms with Crippen molar-refractivity contribution in [2.24, 2.45) is 5.92 Å². The minimum absolute atomic E-state index is 0.240. The van der Waals surface area contributed by atoms with Crippen LogP contribution in [0, 0.1) is 5.92 Å². The maximum Gasteiger partial charge on any atom is 0.394 e. The zero-order valence-corrected chi connectivity index (χ0v) is 26.7. The lowest BCUT2D eigenvalue weighted by atomic mass is 10.0. The Balaban J connectivity index is 2.37. The summed E-state index contributed by atoms with van der Waals surface area (Å²) < 4.78 is 11.5. The molecule has 0 aliphatic rings. The molecule has 2 aromatic rings. The Hall–Kier alpha value is -3.13. The predicted octanol–water partition coefficient (Wildman–Crippen LogP) is 6.43. The lowest BCUT2D eigenvalue weighted by Crippen LogP contribution is -2.59. The molecule has 2 amide bonds. The molecule has 0 aliphatic carbocycles. The quantitative estimate of drug-likeness (QED) is 0.241. The predicted molar refractivity (Wildman–Crippen MR) is 162 cm³/mol. The van der Waals surface area contributed by atoms with Crippen LogP contribution in [-0.2, 0) is 31.6 Å². The van der Waals surface area contributed by atoms with E-state index in [1.165, 1.54) is 7.11 Å². The highest BCUT2D eigenvalue weighted by Crippen LogP contribution is 2.55. The summed E-state index contributed by atoms with van der Waals surface area (Å²) in [7, 11) is -1.45. The smallest absolute Gasteiger partial charge is 0.394 e. The summed E-state index contributed by atoms with van der Waals surface area (Å²) in [5.74, 6) is -0.697. The van der Waals surface area contributed by atoms with Crippen LogP contribution in [0.15, 0.2) is 60.7 Å². The molecule has 0 unspecified atom stereocenters. The second kappa shape index (κ2) is 14.0. The van der Waals surface area contributed by atoms with E-state index in [-0.39, 0.29) is 22.9 Å². The molecule has 0 heterocycles. The van der Waals surface area contributed by atoms with Gasteiger partial charge in [-0.05, 0) is 33.2 Å². The van der Waals surface area contributed by atoms with Gasteiger partial charge >= 0.3 is 12.1 Å². The standard InChI is InChI=1S/C32H48N2O5Si/c1-23(2)22-40(31(3,4)5,32(6,7)8)39-30(37)34-26(20-24-16-12-10-13-17-24)28(35)33-27(29(36)38-9)21-25-18-14-11-15-19-25/h10-19,23,26-27H,20-22H2,1-9H3,(H,33,35)(H,34,37)/t26-,27-/m0/s1. The molecule has 0 fully saturated rings. The van der Waals surface area contributed by atoms with Crippen LogP contribution in [0.3, 0.4) is 0 Å². The molecule has 2 rings (SSSR count). The van der Waals surface area contributed by atoms with Crippen molar-refractivity contribution in [1.82, 2.24) is 10.6 Å². The average Bonchev–Trinajstić information content (AvgIpc) is 2.86. The van der Waals surface area contributed by atoms with Crippen molar-refractivity contribution in [3.63, 3.8) is 0 Å². The summed E-state index contributed by atoms with van der Waals surface area (Å²) in [6, 6.07) is 17.8. The number of esters is 1. The Bertz CT molecular complexity index is 1090. The molecule has 2 atom stereocenters. The molecule has 0 saturated heterocycles. The molecule has 0 aliphatic heterocycles. The molecule has 7 nitrogen and oxygen atoms in total. The van der Waals surface area contributed by atoms with Gasteiger partial charge < -0.3 is 19.8 Å². The largest absolute Gasteiger partial charge is 0.502 e. The molecule has 0 spiro atoms. The van der Waals surface area contributed by atoms with Crippen LogP contribution in [0.2, 0.25) is 16.1 Å². The van der Waals surface area contributed by atoms with Gasteiger partial charge in [-0.15, -0.1) is 0 Å². The number of methoxy groups -OCH3 is 1. The molecular formula is C32H48N2O5Si. The van der Waals surface area contributed by atoms with Gasteiger partial charge in [0.1, 0.15) is 12.1 Å². The van der Waals surface area contributed by atoms with Crippen molar-refractivity contribution in [3.05, 3.63) is 71.8 Å². The van der Waals surface area contributed by atoms with Crippen molar-refractivity contribution >= 4 is 26.3 Å². The van der Waals surface area contributed by atoms with Gasteiger partial charge in [0, 0.05) is 12.8 Å². The second-order valence-corrected chi connectivity index (χ2v) is 18.2. The van der Waals surface area contributed by atoms with Crippen LogP contribution < -0.4 is 10.6 Å². The van der Waals surface area contributed by atoms with Gasteiger partial charge in [-0.3, -0.25) is 4.79 Å². The van der Waals surface area contributed by atoms with E-state index in [0.717, 1.165) is 17.2 Å². The van der Waals surface area contributed by atoms with E-state index < -0.39 is 38.4 Å². The third-order valence-corrected chi connectivity index (χ3v) is 14.1. The number of carbonyl (C=O) groups excluding carboxylic acids is 3. The van der Waals surface area contributed by atoms with Crippen LogP contribution in [0.4, 0.5) is 4.79 Å². The van der Waals surface area contributed by atoms with E-state index in [9.17, 15) is 14.4 Å². The first-order valence-corrected chi connectivity index (χ1v) is 16.2. The summed E-state index contributed by atoms with van der Waals surface area (Å²) >= 11 is 0. The molecule has 2 N–H and O–H groups in total. The van der Waals surface area contributed by atoms with Gasteiger partial charge in [-0.2, -0.15) is 0 Å². The Morgan fingerprint density at radius 3 is 1.60 bits per heavy atom. The van der Waals surface area contributed by atoms with Crippen LogP contribution in [0.5, 0.6) is 0 Å². The van der Waals surface area contributed by atoms with Crippen molar-refractivity contribution in [1.29, 1.82) is 0 Å². The van der Waals surface area contributed by atoms with Gasteiger partial charge in [-0.1, -0.05) is 116 Å². The highest BCUT2D eigenvalue weighted by atomic mass is 28.4. The van der Waals surface area contributed by atoms with E-state index in [1.807, 2.05) is 60.7 Å².